The summed E-state index contributed by atoms with van der Waals surface area (Å²) in [6, 6.07) is 9.19. The highest BCUT2D eigenvalue weighted by molar-refractivity contribution is 8.93. The molecule has 30 heavy (non-hydrogen) atoms. The summed E-state index contributed by atoms with van der Waals surface area (Å²) in [5.74, 6) is -0.704. The Kier molecular flexibility index (Phi) is 7.18. The number of halogens is 1. The van der Waals surface area contributed by atoms with Gasteiger partial charge in [0.05, 0.1) is 13.0 Å². The second-order valence-corrected chi connectivity index (χ2v) is 8.48. The number of carbonyl (C=O) groups excluding carboxylic acids is 1. The van der Waals surface area contributed by atoms with Gasteiger partial charge >= 0.3 is 5.97 Å². The van der Waals surface area contributed by atoms with Gasteiger partial charge in [-0.1, -0.05) is 45.9 Å². The van der Waals surface area contributed by atoms with Crippen LogP contribution in [0, 0.1) is 5.41 Å². The molecule has 2 aromatic rings. The Hall–Kier alpha value is -2.54. The van der Waals surface area contributed by atoms with Gasteiger partial charge < -0.3 is 10.0 Å². The fraction of sp³-hybridized carbons (Fsp3) is 0.391. The maximum atomic E-state index is 13.0. The number of Topliss-reactive ketones (excluding diaryl/α,β-unsaturated/α-hetero) is 1. The molecule has 2 N–H and O–H groups in total. The highest BCUT2D eigenvalue weighted by Crippen LogP contribution is 2.28. The number of carboxylic acids is 1. The summed E-state index contributed by atoms with van der Waals surface area (Å²) in [4.78, 5) is 30.4. The average molecular weight is 474 g/mol. The zero-order valence-corrected chi connectivity index (χ0v) is 19.5. The zero-order chi connectivity index (χ0) is 21.3. The minimum atomic E-state index is -0.892. The molecule has 1 aliphatic heterocycles. The van der Waals surface area contributed by atoms with E-state index in [-0.39, 0.29) is 47.0 Å². The van der Waals surface area contributed by atoms with E-state index in [1.54, 1.807) is 23.1 Å². The number of amidine groups is 1. The molecule has 1 aromatic heterocycles. The van der Waals surface area contributed by atoms with Crippen molar-refractivity contribution in [3.8, 4) is 0 Å². The molecule has 0 amide bonds. The van der Waals surface area contributed by atoms with Crippen molar-refractivity contribution in [3.63, 3.8) is 0 Å². The molecule has 0 atom stereocenters. The van der Waals surface area contributed by atoms with Crippen molar-refractivity contribution in [3.05, 3.63) is 64.0 Å². The normalized spacial score (nSPS) is 13.1. The molecular formula is C23H28BrN3O3. The number of benzene rings is 1. The van der Waals surface area contributed by atoms with Crippen LogP contribution in [0.2, 0.25) is 0 Å². The highest BCUT2D eigenvalue weighted by Gasteiger charge is 2.28. The van der Waals surface area contributed by atoms with E-state index in [1.165, 1.54) is 0 Å². The van der Waals surface area contributed by atoms with E-state index in [9.17, 15) is 14.7 Å². The molecule has 7 heteroatoms. The Labute approximate surface area is 187 Å². The van der Waals surface area contributed by atoms with Crippen LogP contribution < -0.4 is 0 Å². The molecule has 0 radical (unpaired) electrons. The number of aromatic nitrogens is 1. The first-order chi connectivity index (χ1) is 13.6. The predicted molar refractivity (Wildman–Crippen MR) is 122 cm³/mol. The van der Waals surface area contributed by atoms with Gasteiger partial charge in [0, 0.05) is 23.4 Å². The predicted octanol–water partition coefficient (Wildman–Crippen LogP) is 4.17. The molecule has 0 spiro atoms. The monoisotopic (exact) mass is 473 g/mol. The molecule has 0 saturated heterocycles. The molecule has 160 valence electrons. The molecule has 6 nitrogen and oxygen atoms in total. The van der Waals surface area contributed by atoms with E-state index >= 15 is 0 Å². The Morgan fingerprint density at radius 3 is 2.50 bits per heavy atom. The number of hydrogen-bond acceptors (Lipinski definition) is 4. The summed E-state index contributed by atoms with van der Waals surface area (Å²) in [6.45, 7) is 8.64. The Morgan fingerprint density at radius 2 is 1.90 bits per heavy atom. The van der Waals surface area contributed by atoms with Gasteiger partial charge in [-0.3, -0.25) is 15.0 Å². The summed E-state index contributed by atoms with van der Waals surface area (Å²) in [5, 5.41) is 17.6. The van der Waals surface area contributed by atoms with E-state index in [1.807, 2.05) is 39.8 Å². The molecule has 0 aliphatic carbocycles. The summed E-state index contributed by atoms with van der Waals surface area (Å²) in [7, 11) is 0. The number of ketones is 1. The van der Waals surface area contributed by atoms with Gasteiger partial charge in [-0.2, -0.15) is 0 Å². The van der Waals surface area contributed by atoms with Crippen molar-refractivity contribution in [1.82, 2.24) is 9.88 Å². The number of nitrogens with one attached hydrogen (secondary N) is 1. The lowest BCUT2D eigenvalue weighted by Gasteiger charge is -2.24. The fourth-order valence-corrected chi connectivity index (χ4v) is 3.66. The van der Waals surface area contributed by atoms with Gasteiger partial charge in [-0.05, 0) is 35.1 Å². The van der Waals surface area contributed by atoms with Crippen LogP contribution in [-0.4, -0.2) is 39.1 Å². The van der Waals surface area contributed by atoms with Crippen molar-refractivity contribution < 1.29 is 14.7 Å². The lowest BCUT2D eigenvalue weighted by atomic mass is 9.81. The molecule has 0 saturated carbocycles. The summed E-state index contributed by atoms with van der Waals surface area (Å²) >= 11 is 0. The molecule has 2 heterocycles. The lowest BCUT2D eigenvalue weighted by Crippen LogP contribution is -2.30. The van der Waals surface area contributed by atoms with Gasteiger partial charge in [-0.15, -0.1) is 17.0 Å². The molecule has 1 aromatic carbocycles. The van der Waals surface area contributed by atoms with Crippen molar-refractivity contribution in [2.24, 2.45) is 0 Å². The van der Waals surface area contributed by atoms with Crippen LogP contribution in [0.25, 0.3) is 0 Å². The van der Waals surface area contributed by atoms with Crippen LogP contribution in [-0.2, 0) is 29.6 Å². The van der Waals surface area contributed by atoms with Crippen molar-refractivity contribution in [2.45, 2.75) is 52.5 Å². The smallest absolute Gasteiger partial charge is 0.307 e. The number of nitrogens with zero attached hydrogens (tertiary/aromatic N) is 2. The number of rotatable bonds is 6. The minimum Gasteiger partial charge on any atom is -0.481 e. The first-order valence-electron chi connectivity index (χ1n) is 9.81. The number of aryl methyl sites for hydroxylation is 1. The first-order valence-corrected chi connectivity index (χ1v) is 9.81. The molecule has 0 fully saturated rings. The van der Waals surface area contributed by atoms with Crippen LogP contribution in [0.4, 0.5) is 0 Å². The minimum absolute atomic E-state index is 0. The van der Waals surface area contributed by atoms with Crippen molar-refractivity contribution in [2.75, 3.05) is 6.54 Å². The molecule has 0 unspecified atom stereocenters. The van der Waals surface area contributed by atoms with Crippen molar-refractivity contribution in [1.29, 1.82) is 5.41 Å². The Bertz CT molecular complexity index is 996. The average Bonchev–Trinajstić information content (AvgIpc) is 2.95. The quantitative estimate of drug-likeness (QED) is 0.613. The molecule has 0 bridgehead atoms. The number of hydrogen-bond donors (Lipinski definition) is 2. The zero-order valence-electron chi connectivity index (χ0n) is 17.8. The van der Waals surface area contributed by atoms with Gasteiger partial charge in [0.1, 0.15) is 11.5 Å². The molecule has 3 rings (SSSR count). The van der Waals surface area contributed by atoms with Gasteiger partial charge in [0.2, 0.25) is 0 Å². The summed E-state index contributed by atoms with van der Waals surface area (Å²) < 4.78 is 0. The van der Waals surface area contributed by atoms with E-state index < -0.39 is 5.97 Å². The topological polar surface area (TPSA) is 94.4 Å². The lowest BCUT2D eigenvalue weighted by molar-refractivity contribution is -0.136. The number of carbonyl (C=O) groups is 2. The number of fused-ring (bicyclic) bond motifs is 1. The van der Waals surface area contributed by atoms with Crippen LogP contribution in [0.15, 0.2) is 30.3 Å². The van der Waals surface area contributed by atoms with E-state index in [0.29, 0.717) is 17.8 Å². The maximum Gasteiger partial charge on any atom is 0.307 e. The maximum absolute atomic E-state index is 13.0. The van der Waals surface area contributed by atoms with E-state index in [2.05, 4.69) is 4.98 Å². The van der Waals surface area contributed by atoms with Gasteiger partial charge in [0.25, 0.3) is 0 Å². The summed E-state index contributed by atoms with van der Waals surface area (Å²) in [5.41, 5.74) is 4.40. The number of carboxylic acid groups (broad SMARTS) is 1. The number of aliphatic carboxylic acids is 1. The van der Waals surface area contributed by atoms with Crippen LogP contribution >= 0.6 is 17.0 Å². The Balaban J connectivity index is 0.00000320. The fourth-order valence-electron chi connectivity index (χ4n) is 3.66. The van der Waals surface area contributed by atoms with E-state index in [0.717, 1.165) is 28.8 Å². The third-order valence-corrected chi connectivity index (χ3v) is 5.22. The van der Waals surface area contributed by atoms with Gasteiger partial charge in [0.15, 0.2) is 5.78 Å². The van der Waals surface area contributed by atoms with Crippen LogP contribution in [0.1, 0.15) is 66.1 Å². The van der Waals surface area contributed by atoms with Crippen LogP contribution in [0.3, 0.4) is 0 Å². The molecule has 1 aliphatic rings. The summed E-state index contributed by atoms with van der Waals surface area (Å²) in [6.07, 6.45) is 0.732. The largest absolute Gasteiger partial charge is 0.481 e. The number of pyridine rings is 1. The standard InChI is InChI=1S/C23H27N3O3.BrH/c1-5-17-9-8-16-12-26(22(24)21(16)25-17)13-19(27)15-7-6-14(11-20(28)29)18(10-15)23(2,3)4;/h6-10,24H,5,11-13H2,1-4H3,(H,28,29);1H. The first kappa shape index (κ1) is 23.7. The SMILES string of the molecule is Br.CCc1ccc2c(n1)C(=N)N(CC(=O)c1ccc(CC(=O)O)c(C(C)(C)C)c1)C2. The van der Waals surface area contributed by atoms with Crippen molar-refractivity contribution >= 4 is 34.6 Å². The second-order valence-electron chi connectivity index (χ2n) is 8.48. The second kappa shape index (κ2) is 9.08. The molecular weight excluding hydrogens is 446 g/mol. The van der Waals surface area contributed by atoms with E-state index in [4.69, 9.17) is 5.41 Å². The van der Waals surface area contributed by atoms with Gasteiger partial charge in [-0.25, -0.2) is 4.98 Å². The third-order valence-electron chi connectivity index (χ3n) is 5.22. The third kappa shape index (κ3) is 4.95. The highest BCUT2D eigenvalue weighted by atomic mass is 79.9. The Morgan fingerprint density at radius 1 is 1.20 bits per heavy atom. The van der Waals surface area contributed by atoms with Crippen LogP contribution in [0.5, 0.6) is 0 Å².